The number of nitrogens with zero attached hydrogens (tertiary/aromatic N) is 2. The van der Waals surface area contributed by atoms with E-state index in [2.05, 4.69) is 41.2 Å². The predicted molar refractivity (Wildman–Crippen MR) is 114 cm³/mol. The van der Waals surface area contributed by atoms with Gasteiger partial charge in [0.25, 0.3) is 0 Å². The molecule has 28 heavy (non-hydrogen) atoms. The fraction of sp³-hybridized carbons (Fsp3) is 0.909. The lowest BCUT2D eigenvalue weighted by molar-refractivity contribution is -0.127. The Kier molecular flexibility index (Phi) is 10.3. The van der Waals surface area contributed by atoms with Gasteiger partial charge in [-0.05, 0) is 57.5 Å². The largest absolute Gasteiger partial charge is 0.356 e. The summed E-state index contributed by atoms with van der Waals surface area (Å²) >= 11 is 0. The number of piperidine rings is 2. The van der Waals surface area contributed by atoms with Gasteiger partial charge in [0.05, 0.1) is 11.8 Å². The molecule has 2 N–H and O–H groups in total. The molecule has 6 heteroatoms. The van der Waals surface area contributed by atoms with Crippen molar-refractivity contribution in [1.29, 1.82) is 0 Å². The molecule has 2 aliphatic heterocycles. The third-order valence-corrected chi connectivity index (χ3v) is 5.99. The Morgan fingerprint density at radius 1 is 0.857 bits per heavy atom. The van der Waals surface area contributed by atoms with E-state index in [1.165, 1.54) is 0 Å². The first-order valence-corrected chi connectivity index (χ1v) is 11.5. The van der Waals surface area contributed by atoms with Gasteiger partial charge in [0.15, 0.2) is 0 Å². The Morgan fingerprint density at radius 3 is 1.68 bits per heavy atom. The normalized spacial score (nSPS) is 25.2. The molecule has 0 saturated carbocycles. The van der Waals surface area contributed by atoms with E-state index >= 15 is 0 Å². The number of nitrogens with one attached hydrogen (secondary N) is 2. The van der Waals surface area contributed by atoms with Gasteiger partial charge in [-0.1, -0.05) is 20.8 Å². The number of hydrogen-bond donors (Lipinski definition) is 2. The lowest BCUT2D eigenvalue weighted by Crippen LogP contribution is -2.47. The van der Waals surface area contributed by atoms with Gasteiger partial charge in [0.2, 0.25) is 11.8 Å². The Balaban J connectivity index is 1.74. The van der Waals surface area contributed by atoms with Crippen molar-refractivity contribution in [1.82, 2.24) is 20.4 Å². The van der Waals surface area contributed by atoms with Crippen LogP contribution in [0.3, 0.4) is 0 Å². The summed E-state index contributed by atoms with van der Waals surface area (Å²) in [6, 6.07) is 0. The van der Waals surface area contributed by atoms with Crippen molar-refractivity contribution in [2.24, 2.45) is 17.8 Å². The van der Waals surface area contributed by atoms with Gasteiger partial charge in [0.1, 0.15) is 0 Å². The zero-order valence-electron chi connectivity index (χ0n) is 18.3. The number of likely N-dealkylation sites (tertiary alicyclic amines) is 2. The highest BCUT2D eigenvalue weighted by Crippen LogP contribution is 2.20. The molecule has 2 heterocycles. The minimum Gasteiger partial charge on any atom is -0.356 e. The van der Waals surface area contributed by atoms with E-state index in [4.69, 9.17) is 0 Å². The van der Waals surface area contributed by atoms with Crippen LogP contribution in [-0.4, -0.2) is 74.0 Å². The van der Waals surface area contributed by atoms with Crippen molar-refractivity contribution in [2.75, 3.05) is 52.4 Å². The smallest absolute Gasteiger partial charge is 0.224 e. The molecule has 0 aromatic heterocycles. The van der Waals surface area contributed by atoms with Crippen molar-refractivity contribution in [3.8, 4) is 0 Å². The minimum absolute atomic E-state index is 0.147. The minimum atomic E-state index is 0.147. The highest BCUT2D eigenvalue weighted by molar-refractivity contribution is 5.79. The Bertz CT molecular complexity index is 443. The second kappa shape index (κ2) is 12.4. The Hall–Kier alpha value is -1.14. The maximum atomic E-state index is 12.3. The van der Waals surface area contributed by atoms with Crippen molar-refractivity contribution in [3.05, 3.63) is 0 Å². The molecule has 0 aromatic carbocycles. The van der Waals surface area contributed by atoms with Gasteiger partial charge >= 0.3 is 0 Å². The van der Waals surface area contributed by atoms with Crippen molar-refractivity contribution >= 4 is 11.8 Å². The number of amides is 2. The molecular formula is C22H42N4O2. The predicted octanol–water partition coefficient (Wildman–Crippen LogP) is 2.10. The standard InChI is InChI=1S/C22H42N4O2/c1-4-10-23-21(27)19-8-6-12-25(16-19)14-18(3)15-26-13-7-9-20(17-26)22(28)24-11-5-2/h18-20H,4-17H2,1-3H3,(H,23,27)(H,24,28). The van der Waals surface area contributed by atoms with Crippen molar-refractivity contribution in [2.45, 2.75) is 59.3 Å². The second-order valence-electron chi connectivity index (χ2n) is 8.88. The molecule has 2 saturated heterocycles. The van der Waals surface area contributed by atoms with Crippen LogP contribution in [-0.2, 0) is 9.59 Å². The molecule has 162 valence electrons. The first-order chi connectivity index (χ1) is 13.5. The average Bonchev–Trinajstić information content (AvgIpc) is 2.70. The zero-order valence-corrected chi connectivity index (χ0v) is 18.3. The van der Waals surface area contributed by atoms with E-state index in [1.807, 2.05) is 0 Å². The van der Waals surface area contributed by atoms with Crippen LogP contribution in [0.2, 0.25) is 0 Å². The van der Waals surface area contributed by atoms with E-state index in [0.29, 0.717) is 5.92 Å². The van der Waals surface area contributed by atoms with E-state index in [1.54, 1.807) is 0 Å². The molecule has 2 aliphatic rings. The van der Waals surface area contributed by atoms with Crippen LogP contribution in [0, 0.1) is 17.8 Å². The summed E-state index contributed by atoms with van der Waals surface area (Å²) in [5.74, 6) is 1.31. The summed E-state index contributed by atoms with van der Waals surface area (Å²) in [5.41, 5.74) is 0. The summed E-state index contributed by atoms with van der Waals surface area (Å²) in [7, 11) is 0. The maximum absolute atomic E-state index is 12.3. The SMILES string of the molecule is CCCNC(=O)C1CCCN(CC(C)CN2CCCC(C(=O)NCCC)C2)C1. The number of hydrogen-bond acceptors (Lipinski definition) is 4. The summed E-state index contributed by atoms with van der Waals surface area (Å²) in [6.45, 7) is 14.1. The van der Waals surface area contributed by atoms with E-state index in [-0.39, 0.29) is 23.7 Å². The van der Waals surface area contributed by atoms with Crippen molar-refractivity contribution in [3.63, 3.8) is 0 Å². The second-order valence-corrected chi connectivity index (χ2v) is 8.88. The molecule has 0 spiro atoms. The third kappa shape index (κ3) is 7.70. The van der Waals surface area contributed by atoms with Crippen LogP contribution in [0.4, 0.5) is 0 Å². The Morgan fingerprint density at radius 2 is 1.29 bits per heavy atom. The van der Waals surface area contributed by atoms with Gasteiger partial charge in [-0.3, -0.25) is 9.59 Å². The van der Waals surface area contributed by atoms with Crippen molar-refractivity contribution < 1.29 is 9.59 Å². The van der Waals surface area contributed by atoms with Crippen LogP contribution < -0.4 is 10.6 Å². The molecule has 2 rings (SSSR count). The molecule has 2 atom stereocenters. The first kappa shape index (κ1) is 23.1. The maximum Gasteiger partial charge on any atom is 0.224 e. The first-order valence-electron chi connectivity index (χ1n) is 11.5. The van der Waals surface area contributed by atoms with E-state index in [9.17, 15) is 9.59 Å². The topological polar surface area (TPSA) is 64.7 Å². The fourth-order valence-electron chi connectivity index (χ4n) is 4.60. The van der Waals surface area contributed by atoms with Gasteiger partial charge < -0.3 is 20.4 Å². The fourth-order valence-corrected chi connectivity index (χ4v) is 4.60. The lowest BCUT2D eigenvalue weighted by atomic mass is 9.94. The third-order valence-electron chi connectivity index (χ3n) is 5.99. The average molecular weight is 395 g/mol. The zero-order chi connectivity index (χ0) is 20.4. The van der Waals surface area contributed by atoms with Gasteiger partial charge in [-0.25, -0.2) is 0 Å². The summed E-state index contributed by atoms with van der Waals surface area (Å²) < 4.78 is 0. The number of carbonyl (C=O) groups is 2. The molecule has 0 radical (unpaired) electrons. The van der Waals surface area contributed by atoms with Gasteiger partial charge in [-0.2, -0.15) is 0 Å². The summed E-state index contributed by atoms with van der Waals surface area (Å²) in [5, 5.41) is 6.12. The molecule has 2 amide bonds. The van der Waals surface area contributed by atoms with Gasteiger partial charge in [-0.15, -0.1) is 0 Å². The van der Waals surface area contributed by atoms with E-state index in [0.717, 1.165) is 90.9 Å². The molecule has 0 aromatic rings. The van der Waals surface area contributed by atoms with Crippen LogP contribution in [0.25, 0.3) is 0 Å². The van der Waals surface area contributed by atoms with E-state index < -0.39 is 0 Å². The van der Waals surface area contributed by atoms with Crippen LogP contribution in [0.5, 0.6) is 0 Å². The lowest BCUT2D eigenvalue weighted by Gasteiger charge is -2.37. The van der Waals surface area contributed by atoms with Crippen LogP contribution in [0.1, 0.15) is 59.3 Å². The monoisotopic (exact) mass is 394 g/mol. The molecule has 2 unspecified atom stereocenters. The van der Waals surface area contributed by atoms with Crippen LogP contribution in [0.15, 0.2) is 0 Å². The number of rotatable bonds is 10. The summed E-state index contributed by atoms with van der Waals surface area (Å²) in [4.78, 5) is 29.5. The molecule has 0 bridgehead atoms. The molecule has 2 fully saturated rings. The summed E-state index contributed by atoms with van der Waals surface area (Å²) in [6.07, 6.45) is 6.24. The molecule has 6 nitrogen and oxygen atoms in total. The number of carbonyl (C=O) groups excluding carboxylic acids is 2. The quantitative estimate of drug-likeness (QED) is 0.596. The molecular weight excluding hydrogens is 352 g/mol. The highest BCUT2D eigenvalue weighted by atomic mass is 16.2. The Labute approximate surface area is 171 Å². The van der Waals surface area contributed by atoms with Crippen LogP contribution >= 0.6 is 0 Å². The van der Waals surface area contributed by atoms with Gasteiger partial charge in [0, 0.05) is 39.3 Å². The molecule has 0 aliphatic carbocycles. The highest BCUT2D eigenvalue weighted by Gasteiger charge is 2.29.